The lowest BCUT2D eigenvalue weighted by molar-refractivity contribution is -0.124. The van der Waals surface area contributed by atoms with Crippen molar-refractivity contribution in [3.63, 3.8) is 0 Å². The van der Waals surface area contributed by atoms with Gasteiger partial charge in [0.05, 0.1) is 30.6 Å². The van der Waals surface area contributed by atoms with Crippen molar-refractivity contribution in [2.24, 2.45) is 5.92 Å². The van der Waals surface area contributed by atoms with Gasteiger partial charge in [0.15, 0.2) is 18.8 Å². The molecule has 12 nitrogen and oxygen atoms in total. The van der Waals surface area contributed by atoms with E-state index in [1.54, 1.807) is 19.2 Å². The lowest BCUT2D eigenvalue weighted by Gasteiger charge is -2.30. The number of benzene rings is 3. The average Bonchev–Trinajstić information content (AvgIpc) is 3.86. The van der Waals surface area contributed by atoms with E-state index in [0.29, 0.717) is 29.3 Å². The quantitative estimate of drug-likeness (QED) is 0.0884. The Morgan fingerprint density at radius 3 is 2.22 bits per heavy atom. The number of thiazole rings is 1. The van der Waals surface area contributed by atoms with Gasteiger partial charge in [-0.2, -0.15) is 0 Å². The third-order valence-corrected chi connectivity index (χ3v) is 9.65. The van der Waals surface area contributed by atoms with Gasteiger partial charge in [0.1, 0.15) is 16.9 Å². The molecule has 0 fully saturated rings. The summed E-state index contributed by atoms with van der Waals surface area (Å²) >= 11 is 1.39. The molecule has 284 valence electrons. The number of carbonyl (C=O) groups is 3. The number of amides is 4. The summed E-state index contributed by atoms with van der Waals surface area (Å²) in [6.45, 7) is 3.73. The number of aromatic nitrogens is 2. The Bertz CT molecular complexity index is 1910. The van der Waals surface area contributed by atoms with Gasteiger partial charge in [-0.3, -0.25) is 4.79 Å². The highest BCUT2D eigenvalue weighted by Crippen LogP contribution is 2.24. The molecular weight excluding hydrogens is 712 g/mol. The standard InChI is InChI=1S/C40H45FN6O6S/c1-26(2)36(46-39(50)47(3)22-32-24-54-38(44-32)29-14-16-30(41)17-15-29)37(49)43-31(18-27-10-6-4-7-11-27)20-35(48)34(19-28-12-8-5-9-13-28)45-40(51)52-23-33-21-42-25-53-33/h4-17,21,24-26,31,34-36,48H,18-20,22-23H2,1-3H3,(H,43,49)(H,45,51)(H,46,50)/t31-,34-,35?,36-/m0/s1. The zero-order valence-corrected chi connectivity index (χ0v) is 31.2. The normalized spacial score (nSPS) is 13.4. The molecule has 2 heterocycles. The van der Waals surface area contributed by atoms with Gasteiger partial charge in [-0.1, -0.05) is 74.5 Å². The monoisotopic (exact) mass is 756 g/mol. The van der Waals surface area contributed by atoms with E-state index in [1.807, 2.05) is 79.9 Å². The van der Waals surface area contributed by atoms with E-state index >= 15 is 0 Å². The topological polar surface area (TPSA) is 159 Å². The number of alkyl carbamates (subject to hydrolysis) is 1. The number of urea groups is 1. The zero-order chi connectivity index (χ0) is 38.5. The Labute approximate surface area is 317 Å². The fraction of sp³-hybridized carbons (Fsp3) is 0.325. The molecule has 54 heavy (non-hydrogen) atoms. The van der Waals surface area contributed by atoms with E-state index < -0.39 is 42.3 Å². The summed E-state index contributed by atoms with van der Waals surface area (Å²) in [5.74, 6) is -0.653. The number of nitrogens with zero attached hydrogens (tertiary/aromatic N) is 3. The predicted molar refractivity (Wildman–Crippen MR) is 203 cm³/mol. The fourth-order valence-electron chi connectivity index (χ4n) is 5.83. The molecule has 5 rings (SSSR count). The zero-order valence-electron chi connectivity index (χ0n) is 30.4. The van der Waals surface area contributed by atoms with Crippen LogP contribution >= 0.6 is 11.3 Å². The second-order valence-electron chi connectivity index (χ2n) is 13.4. The first-order valence-electron chi connectivity index (χ1n) is 17.6. The SMILES string of the molecule is CC(C)[C@H](NC(=O)N(C)Cc1csc(-c2ccc(F)cc2)n1)C(=O)N[C@@H](Cc1ccccc1)CC(O)[C@H](Cc1ccccc1)NC(=O)OCc1cnco1. The maximum Gasteiger partial charge on any atom is 0.407 e. The molecule has 0 spiro atoms. The summed E-state index contributed by atoms with van der Waals surface area (Å²) in [6.07, 6.45) is 1.60. The predicted octanol–water partition coefficient (Wildman–Crippen LogP) is 6.12. The molecule has 0 bridgehead atoms. The van der Waals surface area contributed by atoms with Crippen molar-refractivity contribution in [3.05, 3.63) is 131 Å². The second-order valence-corrected chi connectivity index (χ2v) is 14.2. The summed E-state index contributed by atoms with van der Waals surface area (Å²) in [7, 11) is 1.62. The summed E-state index contributed by atoms with van der Waals surface area (Å²) < 4.78 is 23.9. The van der Waals surface area contributed by atoms with Crippen LogP contribution in [0.5, 0.6) is 0 Å². The van der Waals surface area contributed by atoms with Crippen LogP contribution in [0.3, 0.4) is 0 Å². The molecular formula is C40H45FN6O6S. The highest BCUT2D eigenvalue weighted by molar-refractivity contribution is 7.13. The third-order valence-electron chi connectivity index (χ3n) is 8.71. The Morgan fingerprint density at radius 2 is 1.59 bits per heavy atom. The number of carbonyl (C=O) groups excluding carboxylic acids is 3. The van der Waals surface area contributed by atoms with Crippen LogP contribution in [0.2, 0.25) is 0 Å². The molecule has 0 radical (unpaired) electrons. The lowest BCUT2D eigenvalue weighted by Crippen LogP contribution is -2.55. The number of oxazole rings is 1. The first-order chi connectivity index (χ1) is 26.0. The van der Waals surface area contributed by atoms with E-state index in [-0.39, 0.29) is 31.3 Å². The van der Waals surface area contributed by atoms with Crippen LogP contribution in [-0.2, 0) is 35.5 Å². The summed E-state index contributed by atoms with van der Waals surface area (Å²) in [4.78, 5) is 50.1. The summed E-state index contributed by atoms with van der Waals surface area (Å²) in [5, 5.41) is 23.0. The van der Waals surface area contributed by atoms with Crippen LogP contribution < -0.4 is 16.0 Å². The number of aliphatic hydroxyl groups excluding tert-OH is 1. The maximum absolute atomic E-state index is 13.9. The van der Waals surface area contributed by atoms with Crippen LogP contribution in [0.4, 0.5) is 14.0 Å². The summed E-state index contributed by atoms with van der Waals surface area (Å²) in [5.41, 5.74) is 3.25. The van der Waals surface area contributed by atoms with Crippen LogP contribution in [0.15, 0.2) is 107 Å². The first-order valence-corrected chi connectivity index (χ1v) is 18.5. The molecule has 0 aliphatic rings. The maximum atomic E-state index is 13.9. The highest BCUT2D eigenvalue weighted by Gasteiger charge is 2.31. The van der Waals surface area contributed by atoms with Crippen molar-refractivity contribution < 1.29 is 33.0 Å². The number of rotatable bonds is 17. The molecule has 4 atom stereocenters. The van der Waals surface area contributed by atoms with Gasteiger partial charge < -0.3 is 35.1 Å². The Balaban J connectivity index is 1.26. The van der Waals surface area contributed by atoms with Crippen LogP contribution in [0.1, 0.15) is 42.8 Å². The van der Waals surface area contributed by atoms with Gasteiger partial charge in [-0.25, -0.2) is 23.9 Å². The van der Waals surface area contributed by atoms with Gasteiger partial charge in [0.25, 0.3) is 0 Å². The Hall–Kier alpha value is -5.60. The molecule has 5 aromatic rings. The highest BCUT2D eigenvalue weighted by atomic mass is 32.1. The Kier molecular flexibility index (Phi) is 14.3. The molecule has 0 saturated heterocycles. The molecule has 3 aromatic carbocycles. The van der Waals surface area contributed by atoms with Gasteiger partial charge in [-0.05, 0) is 60.6 Å². The van der Waals surface area contributed by atoms with Gasteiger partial charge in [0.2, 0.25) is 5.91 Å². The van der Waals surface area contributed by atoms with Crippen LogP contribution in [-0.4, -0.2) is 69.3 Å². The minimum atomic E-state index is -1.10. The smallest absolute Gasteiger partial charge is 0.407 e. The van der Waals surface area contributed by atoms with E-state index in [2.05, 4.69) is 25.9 Å². The Morgan fingerprint density at radius 1 is 0.926 bits per heavy atom. The lowest BCUT2D eigenvalue weighted by atomic mass is 9.93. The van der Waals surface area contributed by atoms with Crippen molar-refractivity contribution in [3.8, 4) is 10.6 Å². The molecule has 14 heteroatoms. The average molecular weight is 757 g/mol. The molecule has 0 aliphatic carbocycles. The third kappa shape index (κ3) is 12.0. The second kappa shape index (κ2) is 19.5. The molecule has 1 unspecified atom stereocenters. The van der Waals surface area contributed by atoms with Gasteiger partial charge >= 0.3 is 12.1 Å². The number of hydrogen-bond donors (Lipinski definition) is 4. The molecule has 0 aliphatic heterocycles. The van der Waals surface area contributed by atoms with Crippen molar-refractivity contribution >= 4 is 29.4 Å². The molecule has 2 aromatic heterocycles. The fourth-order valence-corrected chi connectivity index (χ4v) is 6.65. The van der Waals surface area contributed by atoms with E-state index in [1.165, 1.54) is 41.0 Å². The summed E-state index contributed by atoms with van der Waals surface area (Å²) in [6, 6.07) is 22.3. The van der Waals surface area contributed by atoms with Gasteiger partial charge in [-0.15, -0.1) is 11.3 Å². The van der Waals surface area contributed by atoms with Crippen molar-refractivity contribution in [1.29, 1.82) is 0 Å². The number of halogens is 1. The van der Waals surface area contributed by atoms with E-state index in [0.717, 1.165) is 16.7 Å². The number of hydrogen-bond acceptors (Lipinski definition) is 9. The number of aliphatic hydroxyl groups is 1. The minimum absolute atomic E-state index is 0.0827. The molecule has 4 N–H and O–H groups in total. The first kappa shape index (κ1) is 39.6. The largest absolute Gasteiger partial charge is 0.445 e. The minimum Gasteiger partial charge on any atom is -0.445 e. The van der Waals surface area contributed by atoms with Crippen molar-refractivity contribution in [2.75, 3.05) is 7.05 Å². The molecule has 0 saturated carbocycles. The van der Waals surface area contributed by atoms with E-state index in [9.17, 15) is 23.9 Å². The van der Waals surface area contributed by atoms with Crippen molar-refractivity contribution in [2.45, 2.75) is 70.5 Å². The van der Waals surface area contributed by atoms with Crippen LogP contribution in [0, 0.1) is 11.7 Å². The van der Waals surface area contributed by atoms with E-state index in [4.69, 9.17) is 9.15 Å². The van der Waals surface area contributed by atoms with Crippen molar-refractivity contribution in [1.82, 2.24) is 30.8 Å². The van der Waals surface area contributed by atoms with Gasteiger partial charge in [0, 0.05) is 24.0 Å². The number of ether oxygens (including phenoxy) is 1. The number of nitrogens with one attached hydrogen (secondary N) is 3. The molecule has 4 amide bonds. The van der Waals surface area contributed by atoms with Crippen LogP contribution in [0.25, 0.3) is 10.6 Å².